The van der Waals surface area contributed by atoms with Gasteiger partial charge >= 0.3 is 0 Å². The second kappa shape index (κ2) is 10.9. The first-order valence-electron chi connectivity index (χ1n) is 7.25. The van der Waals surface area contributed by atoms with Crippen molar-refractivity contribution in [2.45, 2.75) is 52.1 Å². The van der Waals surface area contributed by atoms with Crippen LogP contribution in [0.15, 0.2) is 0 Å². The Bertz CT molecular complexity index is 253. The molecule has 0 radical (unpaired) electrons. The van der Waals surface area contributed by atoms with Gasteiger partial charge in [0, 0.05) is 32.6 Å². The van der Waals surface area contributed by atoms with Crippen LogP contribution in [0, 0.1) is 11.3 Å². The fourth-order valence-corrected chi connectivity index (χ4v) is 2.04. The minimum atomic E-state index is -0.162. The van der Waals surface area contributed by atoms with Crippen molar-refractivity contribution in [3.05, 3.63) is 0 Å². The van der Waals surface area contributed by atoms with Crippen LogP contribution in [-0.2, 0) is 9.53 Å². The van der Waals surface area contributed by atoms with Crippen LogP contribution in [0.3, 0.4) is 0 Å². The van der Waals surface area contributed by atoms with Crippen LogP contribution in [0.25, 0.3) is 0 Å². The van der Waals surface area contributed by atoms with E-state index in [0.29, 0.717) is 12.3 Å². The molecule has 0 spiro atoms. The quantitative estimate of drug-likeness (QED) is 0.255. The van der Waals surface area contributed by atoms with Crippen molar-refractivity contribution in [3.8, 4) is 0 Å². The predicted molar refractivity (Wildman–Crippen MR) is 78.3 cm³/mol. The summed E-state index contributed by atoms with van der Waals surface area (Å²) in [4.78, 5) is 12.1. The molecule has 1 atom stereocenters. The summed E-state index contributed by atoms with van der Waals surface area (Å²) in [6.45, 7) is 5.47. The molecule has 0 aromatic heterocycles. The lowest BCUT2D eigenvalue weighted by Crippen LogP contribution is -2.46. The Hall–Kier alpha value is -0.940. The number of hydrogen-bond acceptors (Lipinski definition) is 4. The molecular weight excluding hydrogens is 242 g/mol. The molecular formula is C14H29N3O2. The van der Waals surface area contributed by atoms with Crippen molar-refractivity contribution in [1.29, 1.82) is 5.41 Å². The van der Waals surface area contributed by atoms with Crippen molar-refractivity contribution in [1.82, 2.24) is 4.90 Å². The van der Waals surface area contributed by atoms with Crippen LogP contribution in [0.2, 0.25) is 0 Å². The zero-order valence-electron chi connectivity index (χ0n) is 12.5. The second-order valence-corrected chi connectivity index (χ2v) is 4.55. The van der Waals surface area contributed by atoms with Crippen LogP contribution in [0.4, 0.5) is 0 Å². The van der Waals surface area contributed by atoms with Crippen molar-refractivity contribution in [3.63, 3.8) is 0 Å². The van der Waals surface area contributed by atoms with Crippen molar-refractivity contribution in [2.75, 3.05) is 20.3 Å². The predicted octanol–water partition coefficient (Wildman–Crippen LogP) is 2.00. The first kappa shape index (κ1) is 18.1. The van der Waals surface area contributed by atoms with Gasteiger partial charge < -0.3 is 20.2 Å². The molecule has 5 heteroatoms. The molecule has 19 heavy (non-hydrogen) atoms. The molecule has 0 saturated carbocycles. The van der Waals surface area contributed by atoms with E-state index >= 15 is 0 Å². The van der Waals surface area contributed by atoms with E-state index in [-0.39, 0.29) is 12.1 Å². The molecule has 0 bridgehead atoms. The van der Waals surface area contributed by atoms with Gasteiger partial charge in [-0.25, -0.2) is 0 Å². The zero-order valence-corrected chi connectivity index (χ0v) is 12.5. The molecule has 1 saturated heterocycles. The zero-order chi connectivity index (χ0) is 14.7. The lowest BCUT2D eigenvalue weighted by Gasteiger charge is -2.33. The van der Waals surface area contributed by atoms with E-state index in [2.05, 4.69) is 0 Å². The molecule has 1 aliphatic rings. The molecule has 1 fully saturated rings. The van der Waals surface area contributed by atoms with Crippen LogP contribution in [0.1, 0.15) is 46.0 Å². The number of nitrogens with zero attached hydrogens (tertiary/aromatic N) is 1. The Morgan fingerprint density at radius 2 is 2.05 bits per heavy atom. The maximum atomic E-state index is 10.2. The monoisotopic (exact) mass is 271 g/mol. The molecule has 1 rings (SSSR count). The summed E-state index contributed by atoms with van der Waals surface area (Å²) in [5.41, 5.74) is 6.00. The molecule has 0 aromatic carbocycles. The Kier molecular flexibility index (Phi) is 10.4. The second-order valence-electron chi connectivity index (χ2n) is 4.55. The largest absolute Gasteiger partial charge is 0.381 e. The third kappa shape index (κ3) is 6.68. The first-order chi connectivity index (χ1) is 9.16. The number of carbonyl (C=O) groups excluding carboxylic acids is 1. The van der Waals surface area contributed by atoms with Gasteiger partial charge in [-0.2, -0.15) is 0 Å². The summed E-state index contributed by atoms with van der Waals surface area (Å²) < 4.78 is 5.28. The highest BCUT2D eigenvalue weighted by Gasteiger charge is 2.23. The van der Waals surface area contributed by atoms with Gasteiger partial charge in [0.05, 0.1) is 6.17 Å². The molecule has 1 heterocycles. The van der Waals surface area contributed by atoms with E-state index in [4.69, 9.17) is 15.9 Å². The summed E-state index contributed by atoms with van der Waals surface area (Å²) in [6.07, 6.45) is 4.65. The number of amidine groups is 1. The maximum absolute atomic E-state index is 10.2. The molecule has 1 aliphatic heterocycles. The van der Waals surface area contributed by atoms with Gasteiger partial charge in [0.25, 0.3) is 0 Å². The minimum absolute atomic E-state index is 0.162. The average Bonchev–Trinajstić information content (AvgIpc) is 2.48. The highest BCUT2D eigenvalue weighted by atomic mass is 16.5. The SMILES string of the molecule is CC.CN(C(=N)C1CCOCC1)C(N)CCCC=O. The standard InChI is InChI=1S/C12H23N3O2.C2H6/c1-15(11(13)4-2-3-7-16)12(14)10-5-8-17-9-6-10;1-2/h7,10-11,14H,2-6,8-9,13H2,1H3;1-2H3. The molecule has 3 N–H and O–H groups in total. The van der Waals surface area contributed by atoms with E-state index in [1.165, 1.54) is 0 Å². The lowest BCUT2D eigenvalue weighted by atomic mass is 9.98. The van der Waals surface area contributed by atoms with Gasteiger partial charge in [-0.15, -0.1) is 0 Å². The number of unbranched alkanes of at least 4 members (excludes halogenated alkanes) is 1. The molecule has 0 aromatic rings. The highest BCUT2D eigenvalue weighted by Crippen LogP contribution is 2.18. The number of aldehydes is 1. The number of rotatable bonds is 6. The Labute approximate surface area is 117 Å². The highest BCUT2D eigenvalue weighted by molar-refractivity contribution is 5.81. The van der Waals surface area contributed by atoms with Gasteiger partial charge in [-0.1, -0.05) is 13.8 Å². The van der Waals surface area contributed by atoms with Crippen molar-refractivity contribution in [2.24, 2.45) is 11.7 Å². The average molecular weight is 271 g/mol. The summed E-state index contributed by atoms with van der Waals surface area (Å²) in [7, 11) is 1.86. The van der Waals surface area contributed by atoms with E-state index in [1.807, 2.05) is 25.8 Å². The summed E-state index contributed by atoms with van der Waals surface area (Å²) >= 11 is 0. The van der Waals surface area contributed by atoms with E-state index in [0.717, 1.165) is 45.2 Å². The maximum Gasteiger partial charge on any atom is 0.119 e. The van der Waals surface area contributed by atoms with Gasteiger partial charge in [0.1, 0.15) is 12.1 Å². The minimum Gasteiger partial charge on any atom is -0.381 e. The fraction of sp³-hybridized carbons (Fsp3) is 0.857. The number of nitrogens with two attached hydrogens (primary N) is 1. The van der Waals surface area contributed by atoms with Crippen LogP contribution in [-0.4, -0.2) is 43.4 Å². The van der Waals surface area contributed by atoms with Crippen molar-refractivity contribution < 1.29 is 9.53 Å². The number of ether oxygens (including phenoxy) is 1. The van der Waals surface area contributed by atoms with E-state index in [1.54, 1.807) is 0 Å². The van der Waals surface area contributed by atoms with Gasteiger partial charge in [-0.3, -0.25) is 5.41 Å². The molecule has 0 aliphatic carbocycles. The first-order valence-corrected chi connectivity index (χ1v) is 7.25. The molecule has 112 valence electrons. The van der Waals surface area contributed by atoms with Gasteiger partial charge in [-0.05, 0) is 25.7 Å². The number of hydrogen-bond donors (Lipinski definition) is 2. The normalized spacial score (nSPS) is 17.1. The van der Waals surface area contributed by atoms with Crippen LogP contribution >= 0.6 is 0 Å². The topological polar surface area (TPSA) is 79.4 Å². The van der Waals surface area contributed by atoms with Gasteiger partial charge in [0.2, 0.25) is 0 Å². The Morgan fingerprint density at radius 1 is 1.47 bits per heavy atom. The summed E-state index contributed by atoms with van der Waals surface area (Å²) in [5, 5.41) is 8.12. The number of carbonyl (C=O) groups is 1. The van der Waals surface area contributed by atoms with Gasteiger partial charge in [0.15, 0.2) is 0 Å². The molecule has 0 amide bonds. The van der Waals surface area contributed by atoms with Crippen LogP contribution < -0.4 is 5.73 Å². The van der Waals surface area contributed by atoms with E-state index in [9.17, 15) is 4.79 Å². The van der Waals surface area contributed by atoms with E-state index < -0.39 is 0 Å². The number of nitrogens with one attached hydrogen (secondary N) is 1. The van der Waals surface area contributed by atoms with Crippen molar-refractivity contribution >= 4 is 12.1 Å². The smallest absolute Gasteiger partial charge is 0.119 e. The third-order valence-corrected chi connectivity index (χ3v) is 3.31. The molecule has 1 unspecified atom stereocenters. The third-order valence-electron chi connectivity index (χ3n) is 3.31. The molecule has 5 nitrogen and oxygen atoms in total. The summed E-state index contributed by atoms with van der Waals surface area (Å²) in [5.74, 6) is 0.873. The Morgan fingerprint density at radius 3 is 2.58 bits per heavy atom. The fourth-order valence-electron chi connectivity index (χ4n) is 2.04. The summed E-state index contributed by atoms with van der Waals surface area (Å²) in [6, 6.07) is 0. The Balaban J connectivity index is 0.00000154. The van der Waals surface area contributed by atoms with Crippen LogP contribution in [0.5, 0.6) is 0 Å². The lowest BCUT2D eigenvalue weighted by molar-refractivity contribution is -0.107.